The van der Waals surface area contributed by atoms with Crippen LogP contribution in [0.15, 0.2) is 29.6 Å². The van der Waals surface area contributed by atoms with E-state index in [1.807, 2.05) is 0 Å². The molecule has 2 heterocycles. The summed E-state index contributed by atoms with van der Waals surface area (Å²) in [6.45, 7) is -1.09. The van der Waals surface area contributed by atoms with Crippen molar-refractivity contribution in [1.82, 2.24) is 5.32 Å². The van der Waals surface area contributed by atoms with E-state index in [0.29, 0.717) is 9.21 Å². The first-order valence-corrected chi connectivity index (χ1v) is 7.65. The van der Waals surface area contributed by atoms with Crippen LogP contribution in [0, 0.1) is 0 Å². The molecule has 0 amide bonds. The largest absolute Gasteiger partial charge is 0.319 e. The highest BCUT2D eigenvalue weighted by atomic mass is 35.5. The lowest BCUT2D eigenvalue weighted by atomic mass is 10.2. The molecule has 0 aromatic carbocycles. The smallest absolute Gasteiger partial charge is 0.299 e. The Kier molecular flexibility index (Phi) is 5.06. The fraction of sp³-hybridized carbons (Fsp3) is 0.333. The second-order valence-corrected chi connectivity index (χ2v) is 6.76. The van der Waals surface area contributed by atoms with Gasteiger partial charge in [-0.05, 0) is 23.6 Å². The second-order valence-electron chi connectivity index (χ2n) is 4.03. The van der Waals surface area contributed by atoms with Gasteiger partial charge in [0.05, 0.1) is 16.9 Å². The molecule has 1 unspecified atom stereocenters. The van der Waals surface area contributed by atoms with E-state index in [9.17, 15) is 17.6 Å². The summed E-state index contributed by atoms with van der Waals surface area (Å²) in [4.78, 5) is 1.48. The second kappa shape index (κ2) is 6.43. The highest BCUT2D eigenvalue weighted by Gasteiger charge is 2.41. The third-order valence-electron chi connectivity index (χ3n) is 2.57. The van der Waals surface area contributed by atoms with Gasteiger partial charge in [-0.2, -0.15) is 8.78 Å². The molecule has 2 rings (SSSR count). The summed E-state index contributed by atoms with van der Waals surface area (Å²) < 4.78 is 51.0. The van der Waals surface area contributed by atoms with Gasteiger partial charge in [-0.3, -0.25) is 5.32 Å². The molecular weight excluding hydrogens is 334 g/mol. The van der Waals surface area contributed by atoms with Crippen LogP contribution in [0.2, 0.25) is 4.34 Å². The molecule has 2 aromatic heterocycles. The zero-order valence-corrected chi connectivity index (χ0v) is 12.3. The van der Waals surface area contributed by atoms with E-state index in [-0.39, 0.29) is 0 Å². The normalized spacial score (nSPS) is 13.9. The molecule has 0 saturated heterocycles. The molecular formula is C12H10ClF4NS2. The first-order chi connectivity index (χ1) is 9.40. The van der Waals surface area contributed by atoms with Crippen LogP contribution in [0.4, 0.5) is 17.6 Å². The van der Waals surface area contributed by atoms with Gasteiger partial charge >= 0.3 is 12.3 Å². The highest BCUT2D eigenvalue weighted by molar-refractivity contribution is 7.16. The maximum Gasteiger partial charge on any atom is 0.319 e. The Bertz CT molecular complexity index is 541. The number of hydrogen-bond donors (Lipinski definition) is 1. The zero-order valence-electron chi connectivity index (χ0n) is 9.95. The number of thiophene rings is 2. The summed E-state index contributed by atoms with van der Waals surface area (Å²) in [5, 5.41) is 4.30. The van der Waals surface area contributed by atoms with Crippen molar-refractivity contribution < 1.29 is 17.6 Å². The summed E-state index contributed by atoms with van der Waals surface area (Å²) in [7, 11) is 0. The summed E-state index contributed by atoms with van der Waals surface area (Å²) in [5.74, 6) is -4.06. The number of halogens is 5. The average molecular weight is 344 g/mol. The molecule has 8 heteroatoms. The summed E-state index contributed by atoms with van der Waals surface area (Å²) in [6, 6.07) is 6.32. The average Bonchev–Trinajstić information content (AvgIpc) is 3.01. The molecule has 0 bridgehead atoms. The van der Waals surface area contributed by atoms with Gasteiger partial charge in [-0.15, -0.1) is 22.7 Å². The van der Waals surface area contributed by atoms with Crippen LogP contribution in [-0.2, 0) is 0 Å². The van der Waals surface area contributed by atoms with E-state index in [1.165, 1.54) is 22.7 Å². The first-order valence-electron chi connectivity index (χ1n) is 5.58. The lowest BCUT2D eigenvalue weighted by Crippen LogP contribution is -2.40. The van der Waals surface area contributed by atoms with Crippen molar-refractivity contribution in [3.05, 3.63) is 43.7 Å². The monoisotopic (exact) mass is 343 g/mol. The molecule has 0 aliphatic heterocycles. The van der Waals surface area contributed by atoms with E-state index in [0.717, 1.165) is 4.88 Å². The van der Waals surface area contributed by atoms with Gasteiger partial charge in [-0.1, -0.05) is 17.7 Å². The van der Waals surface area contributed by atoms with Crippen molar-refractivity contribution >= 4 is 34.3 Å². The molecule has 0 aliphatic carbocycles. The summed E-state index contributed by atoms with van der Waals surface area (Å²) in [5.41, 5.74) is 0. The SMILES string of the molecule is FC(F)C(F)(F)CNC(c1cccs1)c1ccc(Cl)s1. The Hall–Kier alpha value is -0.630. The van der Waals surface area contributed by atoms with E-state index >= 15 is 0 Å². The standard InChI is InChI=1S/C12H10ClF4NS2/c13-9-4-3-8(20-9)10(7-2-1-5-19-7)18-6-12(16,17)11(14)15/h1-5,10-11,18H,6H2. The van der Waals surface area contributed by atoms with Gasteiger partial charge in [0.15, 0.2) is 0 Å². The van der Waals surface area contributed by atoms with E-state index in [4.69, 9.17) is 11.6 Å². The van der Waals surface area contributed by atoms with Gasteiger partial charge in [0, 0.05) is 9.75 Å². The Morgan fingerprint density at radius 2 is 1.95 bits per heavy atom. The van der Waals surface area contributed by atoms with E-state index in [1.54, 1.807) is 29.6 Å². The van der Waals surface area contributed by atoms with Gasteiger partial charge in [-0.25, -0.2) is 8.78 Å². The Morgan fingerprint density at radius 1 is 1.20 bits per heavy atom. The maximum atomic E-state index is 13.0. The van der Waals surface area contributed by atoms with Crippen LogP contribution in [0.5, 0.6) is 0 Å². The van der Waals surface area contributed by atoms with Gasteiger partial charge in [0.2, 0.25) is 0 Å². The Labute approximate surface area is 126 Å². The van der Waals surface area contributed by atoms with Crippen molar-refractivity contribution in [2.45, 2.75) is 18.4 Å². The molecule has 1 nitrogen and oxygen atoms in total. The van der Waals surface area contributed by atoms with Crippen LogP contribution in [0.3, 0.4) is 0 Å². The van der Waals surface area contributed by atoms with Crippen LogP contribution >= 0.6 is 34.3 Å². The van der Waals surface area contributed by atoms with Crippen molar-refractivity contribution in [3.8, 4) is 0 Å². The summed E-state index contributed by atoms with van der Waals surface area (Å²) in [6.07, 6.45) is -3.69. The molecule has 2 aromatic rings. The molecule has 1 N–H and O–H groups in total. The van der Waals surface area contributed by atoms with Crippen LogP contribution in [0.25, 0.3) is 0 Å². The van der Waals surface area contributed by atoms with E-state index in [2.05, 4.69) is 5.32 Å². The van der Waals surface area contributed by atoms with Crippen LogP contribution in [-0.4, -0.2) is 18.9 Å². The van der Waals surface area contributed by atoms with Gasteiger partial charge in [0.1, 0.15) is 0 Å². The lowest BCUT2D eigenvalue weighted by Gasteiger charge is -2.21. The minimum absolute atomic E-state index is 0.518. The predicted molar refractivity (Wildman–Crippen MR) is 74.4 cm³/mol. The fourth-order valence-corrected chi connectivity index (χ4v) is 3.64. The van der Waals surface area contributed by atoms with Crippen molar-refractivity contribution in [2.24, 2.45) is 0 Å². The minimum Gasteiger partial charge on any atom is -0.299 e. The maximum absolute atomic E-state index is 13.0. The van der Waals surface area contributed by atoms with Crippen LogP contribution in [0.1, 0.15) is 15.8 Å². The summed E-state index contributed by atoms with van der Waals surface area (Å²) >= 11 is 8.43. The number of alkyl halides is 4. The third kappa shape index (κ3) is 3.72. The van der Waals surface area contributed by atoms with Crippen molar-refractivity contribution in [1.29, 1.82) is 0 Å². The zero-order chi connectivity index (χ0) is 14.8. The Balaban J connectivity index is 2.17. The first kappa shape index (κ1) is 15.8. The molecule has 0 spiro atoms. The number of rotatable bonds is 6. The molecule has 20 heavy (non-hydrogen) atoms. The lowest BCUT2D eigenvalue weighted by molar-refractivity contribution is -0.125. The molecule has 0 radical (unpaired) electrons. The highest BCUT2D eigenvalue weighted by Crippen LogP contribution is 2.34. The number of hydrogen-bond acceptors (Lipinski definition) is 3. The molecule has 110 valence electrons. The van der Waals surface area contributed by atoms with Gasteiger partial charge < -0.3 is 0 Å². The van der Waals surface area contributed by atoms with Crippen molar-refractivity contribution in [2.75, 3.05) is 6.54 Å². The minimum atomic E-state index is -4.06. The molecule has 1 atom stereocenters. The van der Waals surface area contributed by atoms with E-state index < -0.39 is 24.9 Å². The van der Waals surface area contributed by atoms with Crippen molar-refractivity contribution in [3.63, 3.8) is 0 Å². The predicted octanol–water partition coefficient (Wildman–Crippen LogP) is 5.04. The number of nitrogens with one attached hydrogen (secondary N) is 1. The fourth-order valence-electron chi connectivity index (χ4n) is 1.60. The third-order valence-corrected chi connectivity index (χ3v) is 4.80. The molecule has 0 saturated carbocycles. The van der Waals surface area contributed by atoms with Crippen LogP contribution < -0.4 is 5.32 Å². The molecule has 0 fully saturated rings. The topological polar surface area (TPSA) is 12.0 Å². The van der Waals surface area contributed by atoms with Gasteiger partial charge in [0.25, 0.3) is 0 Å². The Morgan fingerprint density at radius 3 is 2.45 bits per heavy atom. The molecule has 0 aliphatic rings. The quantitative estimate of drug-likeness (QED) is 0.724.